The number of hydrogen-bond acceptors (Lipinski definition) is 3. The summed E-state index contributed by atoms with van der Waals surface area (Å²) >= 11 is 0. The van der Waals surface area contributed by atoms with E-state index in [4.69, 9.17) is 5.73 Å². The molecule has 0 saturated heterocycles. The number of nitrogens with two attached hydrogens (primary N) is 1. The van der Waals surface area contributed by atoms with Crippen LogP contribution in [0.1, 0.15) is 47.3 Å². The van der Waals surface area contributed by atoms with Crippen LogP contribution in [0.3, 0.4) is 0 Å². The lowest BCUT2D eigenvalue weighted by Crippen LogP contribution is -2.29. The summed E-state index contributed by atoms with van der Waals surface area (Å²) in [5.74, 6) is -0.721. The fourth-order valence-electron chi connectivity index (χ4n) is 4.08. The van der Waals surface area contributed by atoms with Crippen LogP contribution in [0.5, 0.6) is 0 Å². The lowest BCUT2D eigenvalue weighted by Gasteiger charge is -2.28. The number of aliphatic hydroxyl groups is 1. The van der Waals surface area contributed by atoms with Crippen LogP contribution in [0.25, 0.3) is 5.69 Å². The summed E-state index contributed by atoms with van der Waals surface area (Å²) in [4.78, 5) is 12.0. The molecule has 2 aromatic carbocycles. The first-order valence-corrected chi connectivity index (χ1v) is 10.3. The Morgan fingerprint density at radius 3 is 2.53 bits per heavy atom. The Labute approximate surface area is 175 Å². The molecule has 1 aromatic heterocycles. The Balaban J connectivity index is 1.61. The fourth-order valence-corrected chi connectivity index (χ4v) is 4.08. The van der Waals surface area contributed by atoms with Gasteiger partial charge in [0.25, 0.3) is 5.91 Å². The smallest absolute Gasteiger partial charge is 0.250 e. The Morgan fingerprint density at radius 1 is 1.10 bits per heavy atom. The molecule has 1 amide bonds. The van der Waals surface area contributed by atoms with Crippen LogP contribution in [-0.2, 0) is 6.42 Å². The second-order valence-corrected chi connectivity index (χ2v) is 7.92. The third-order valence-corrected chi connectivity index (χ3v) is 5.73. The van der Waals surface area contributed by atoms with Crippen LogP contribution < -0.4 is 11.1 Å². The minimum atomic E-state index is -0.473. The van der Waals surface area contributed by atoms with E-state index in [2.05, 4.69) is 9.88 Å². The van der Waals surface area contributed by atoms with E-state index < -0.39 is 5.91 Å². The molecular formula is C24H26FN3O2. The molecule has 1 fully saturated rings. The Hall–Kier alpha value is -3.12. The lowest BCUT2D eigenvalue weighted by molar-refractivity contribution is 0.100. The predicted molar refractivity (Wildman–Crippen MR) is 115 cm³/mol. The topological polar surface area (TPSA) is 80.3 Å². The maximum Gasteiger partial charge on any atom is 0.250 e. The van der Waals surface area contributed by atoms with Crippen molar-refractivity contribution < 1.29 is 14.3 Å². The molecule has 0 radical (unpaired) electrons. The molecule has 30 heavy (non-hydrogen) atoms. The number of amides is 1. The van der Waals surface area contributed by atoms with Gasteiger partial charge in [-0.25, -0.2) is 4.39 Å². The largest absolute Gasteiger partial charge is 0.393 e. The number of halogens is 1. The Morgan fingerprint density at radius 2 is 1.83 bits per heavy atom. The first-order valence-electron chi connectivity index (χ1n) is 10.3. The number of benzene rings is 2. The van der Waals surface area contributed by atoms with E-state index in [0.29, 0.717) is 17.7 Å². The third kappa shape index (κ3) is 4.54. The van der Waals surface area contributed by atoms with Crippen LogP contribution in [0.4, 0.5) is 10.1 Å². The second-order valence-electron chi connectivity index (χ2n) is 7.92. The van der Waals surface area contributed by atoms with Crippen LogP contribution in [-0.4, -0.2) is 27.7 Å². The maximum atomic E-state index is 13.2. The standard InChI is InChI=1S/C24H26FN3O2/c25-17-5-3-16(4-6-17)14-19-2-1-13-28(19)20-9-12-22(24(26)30)23(15-20)27-18-7-10-21(29)11-8-18/h1-6,9,12-13,15,18,21,27,29H,7-8,10-11,14H2,(H2,26,30)/t18-,21-. The number of rotatable bonds is 6. The molecular weight excluding hydrogens is 381 g/mol. The van der Waals surface area contributed by atoms with Crippen molar-refractivity contribution in [3.63, 3.8) is 0 Å². The molecule has 1 aliphatic carbocycles. The second kappa shape index (κ2) is 8.71. The van der Waals surface area contributed by atoms with Crippen molar-refractivity contribution in [3.8, 4) is 5.69 Å². The molecule has 1 aliphatic rings. The van der Waals surface area contributed by atoms with Crippen molar-refractivity contribution in [2.75, 3.05) is 5.32 Å². The van der Waals surface area contributed by atoms with E-state index in [0.717, 1.165) is 42.6 Å². The molecule has 6 heteroatoms. The van der Waals surface area contributed by atoms with Crippen molar-refractivity contribution in [2.24, 2.45) is 5.73 Å². The highest BCUT2D eigenvalue weighted by molar-refractivity contribution is 5.99. The highest BCUT2D eigenvalue weighted by Gasteiger charge is 2.21. The SMILES string of the molecule is NC(=O)c1ccc(-n2cccc2Cc2ccc(F)cc2)cc1N[C@H]1CC[C@H](O)CC1. The van der Waals surface area contributed by atoms with Gasteiger partial charge in [-0.3, -0.25) is 4.79 Å². The van der Waals surface area contributed by atoms with Crippen LogP contribution in [0.15, 0.2) is 60.8 Å². The van der Waals surface area contributed by atoms with Gasteiger partial charge in [0.1, 0.15) is 5.82 Å². The molecule has 156 valence electrons. The summed E-state index contributed by atoms with van der Waals surface area (Å²) in [6.45, 7) is 0. The van der Waals surface area contributed by atoms with Gasteiger partial charge >= 0.3 is 0 Å². The lowest BCUT2D eigenvalue weighted by atomic mass is 9.92. The predicted octanol–water partition coefficient (Wildman–Crippen LogP) is 4.02. The van der Waals surface area contributed by atoms with Crippen LogP contribution in [0.2, 0.25) is 0 Å². The molecule has 4 rings (SSSR count). The van der Waals surface area contributed by atoms with Gasteiger partial charge < -0.3 is 20.7 Å². The van der Waals surface area contributed by atoms with Crippen molar-refractivity contribution in [2.45, 2.75) is 44.2 Å². The normalized spacial score (nSPS) is 18.9. The highest BCUT2D eigenvalue weighted by Crippen LogP contribution is 2.27. The summed E-state index contributed by atoms with van der Waals surface area (Å²) in [7, 11) is 0. The van der Waals surface area contributed by atoms with Gasteiger partial charge in [0, 0.05) is 35.7 Å². The number of aliphatic hydroxyl groups excluding tert-OH is 1. The van der Waals surface area contributed by atoms with Gasteiger partial charge in [-0.2, -0.15) is 0 Å². The summed E-state index contributed by atoms with van der Waals surface area (Å²) in [5.41, 5.74) is 9.76. The number of anilines is 1. The molecule has 4 N–H and O–H groups in total. The van der Waals surface area contributed by atoms with Gasteiger partial charge in [0.15, 0.2) is 0 Å². The van der Waals surface area contributed by atoms with Crippen molar-refractivity contribution in [3.05, 3.63) is 83.4 Å². The van der Waals surface area contributed by atoms with Crippen molar-refractivity contribution >= 4 is 11.6 Å². The van der Waals surface area contributed by atoms with Gasteiger partial charge in [-0.1, -0.05) is 12.1 Å². The van der Waals surface area contributed by atoms with E-state index in [-0.39, 0.29) is 18.0 Å². The zero-order valence-electron chi connectivity index (χ0n) is 16.7. The summed E-state index contributed by atoms with van der Waals surface area (Å²) in [6, 6.07) is 16.3. The zero-order chi connectivity index (χ0) is 21.1. The van der Waals surface area contributed by atoms with E-state index in [1.54, 1.807) is 18.2 Å². The molecule has 0 aliphatic heterocycles. The average Bonchev–Trinajstić information content (AvgIpc) is 3.19. The number of aromatic nitrogens is 1. The van der Waals surface area contributed by atoms with Crippen molar-refractivity contribution in [1.29, 1.82) is 0 Å². The van der Waals surface area contributed by atoms with E-state index >= 15 is 0 Å². The fraction of sp³-hybridized carbons (Fsp3) is 0.292. The monoisotopic (exact) mass is 407 g/mol. The molecule has 5 nitrogen and oxygen atoms in total. The first kappa shape index (κ1) is 20.2. The minimum Gasteiger partial charge on any atom is -0.393 e. The average molecular weight is 407 g/mol. The number of nitrogens with zero attached hydrogens (tertiary/aromatic N) is 1. The number of primary amides is 1. The number of nitrogens with one attached hydrogen (secondary N) is 1. The van der Waals surface area contributed by atoms with Crippen LogP contribution >= 0.6 is 0 Å². The zero-order valence-corrected chi connectivity index (χ0v) is 16.7. The van der Waals surface area contributed by atoms with Crippen molar-refractivity contribution in [1.82, 2.24) is 4.57 Å². The minimum absolute atomic E-state index is 0.199. The van der Waals surface area contributed by atoms with Gasteiger partial charge in [0.2, 0.25) is 0 Å². The summed E-state index contributed by atoms with van der Waals surface area (Å²) in [5, 5.41) is 13.2. The quantitative estimate of drug-likeness (QED) is 0.577. The van der Waals surface area contributed by atoms with E-state index in [1.807, 2.05) is 30.5 Å². The molecule has 3 aromatic rings. The molecule has 1 saturated carbocycles. The molecule has 0 unspecified atom stereocenters. The van der Waals surface area contributed by atoms with Gasteiger partial charge in [-0.05, 0) is 73.7 Å². The maximum absolute atomic E-state index is 13.2. The molecule has 0 atom stereocenters. The molecule has 0 bridgehead atoms. The van der Waals surface area contributed by atoms with E-state index in [1.165, 1.54) is 12.1 Å². The number of carbonyl (C=O) groups is 1. The third-order valence-electron chi connectivity index (χ3n) is 5.73. The first-order chi connectivity index (χ1) is 14.5. The van der Waals surface area contributed by atoms with Gasteiger partial charge in [0.05, 0.1) is 11.7 Å². The van der Waals surface area contributed by atoms with Crippen LogP contribution in [0, 0.1) is 5.82 Å². The number of hydrogen-bond donors (Lipinski definition) is 3. The number of carbonyl (C=O) groups excluding carboxylic acids is 1. The summed E-state index contributed by atoms with van der Waals surface area (Å²) in [6.07, 6.45) is 5.60. The highest BCUT2D eigenvalue weighted by atomic mass is 19.1. The molecule has 0 spiro atoms. The Kier molecular flexibility index (Phi) is 5.86. The summed E-state index contributed by atoms with van der Waals surface area (Å²) < 4.78 is 15.3. The molecule has 1 heterocycles. The Bertz CT molecular complexity index is 1020. The van der Waals surface area contributed by atoms with Gasteiger partial charge in [-0.15, -0.1) is 0 Å². The van der Waals surface area contributed by atoms with E-state index in [9.17, 15) is 14.3 Å².